The maximum absolute atomic E-state index is 12.4. The van der Waals surface area contributed by atoms with Crippen LogP contribution in [0.25, 0.3) is 10.2 Å². The Kier molecular flexibility index (Phi) is 3.17. The Morgan fingerprint density at radius 2 is 2.11 bits per heavy atom. The molecular formula is C12H14BrN3OS. The van der Waals surface area contributed by atoms with Crippen LogP contribution in [-0.2, 0) is 0 Å². The van der Waals surface area contributed by atoms with Crippen LogP contribution in [0.1, 0.15) is 10.5 Å². The van der Waals surface area contributed by atoms with E-state index in [0.29, 0.717) is 5.69 Å². The Morgan fingerprint density at radius 1 is 1.39 bits per heavy atom. The Morgan fingerprint density at radius 3 is 2.78 bits per heavy atom. The van der Waals surface area contributed by atoms with Gasteiger partial charge in [-0.3, -0.25) is 4.79 Å². The molecule has 2 aromatic rings. The van der Waals surface area contributed by atoms with Crippen LogP contribution in [-0.4, -0.2) is 53.9 Å². The number of aromatic nitrogens is 1. The molecule has 18 heavy (non-hydrogen) atoms. The summed E-state index contributed by atoms with van der Waals surface area (Å²) in [6.07, 6.45) is 0. The van der Waals surface area contributed by atoms with E-state index in [2.05, 4.69) is 32.9 Å². The topological polar surface area (TPSA) is 39.3 Å². The molecule has 3 heterocycles. The predicted octanol–water partition coefficient (Wildman–Crippen LogP) is 2.38. The molecule has 96 valence electrons. The molecule has 0 saturated carbocycles. The Hall–Kier alpha value is -0.850. The van der Waals surface area contributed by atoms with Gasteiger partial charge >= 0.3 is 0 Å². The van der Waals surface area contributed by atoms with Gasteiger partial charge in [-0.1, -0.05) is 0 Å². The fraction of sp³-hybridized carbons (Fsp3) is 0.417. The quantitative estimate of drug-likeness (QED) is 0.873. The van der Waals surface area contributed by atoms with E-state index in [0.717, 1.165) is 40.9 Å². The molecular weight excluding hydrogens is 314 g/mol. The van der Waals surface area contributed by atoms with Crippen LogP contribution in [0.3, 0.4) is 0 Å². The van der Waals surface area contributed by atoms with Crippen molar-refractivity contribution in [3.8, 4) is 0 Å². The number of fused-ring (bicyclic) bond motifs is 1. The molecule has 2 aromatic heterocycles. The lowest BCUT2D eigenvalue weighted by molar-refractivity contribution is 0.0659. The fourth-order valence-corrected chi connectivity index (χ4v) is 3.71. The minimum atomic E-state index is 0.110. The largest absolute Gasteiger partial charge is 0.342 e. The number of likely N-dealkylation sites (N-methyl/N-ethyl adjacent to an activating group) is 1. The second-order valence-electron chi connectivity index (χ2n) is 4.60. The number of hydrogen-bond donors (Lipinski definition) is 1. The molecule has 1 aliphatic rings. The van der Waals surface area contributed by atoms with E-state index in [1.54, 1.807) is 11.3 Å². The number of thiophene rings is 1. The molecule has 0 aliphatic carbocycles. The zero-order valence-corrected chi connectivity index (χ0v) is 12.5. The zero-order chi connectivity index (χ0) is 12.7. The molecule has 6 heteroatoms. The third kappa shape index (κ3) is 2.08. The first-order valence-electron chi connectivity index (χ1n) is 5.88. The molecule has 1 fully saturated rings. The first-order chi connectivity index (χ1) is 8.65. The van der Waals surface area contributed by atoms with Gasteiger partial charge in [0.2, 0.25) is 0 Å². The molecule has 3 rings (SSSR count). The number of H-pyrrole nitrogens is 1. The Balaban J connectivity index is 1.83. The van der Waals surface area contributed by atoms with Crippen molar-refractivity contribution in [2.24, 2.45) is 0 Å². The summed E-state index contributed by atoms with van der Waals surface area (Å²) in [5.41, 5.74) is 0.696. The first kappa shape index (κ1) is 12.2. The lowest BCUT2D eigenvalue weighted by Crippen LogP contribution is -2.47. The highest BCUT2D eigenvalue weighted by Crippen LogP contribution is 2.30. The second kappa shape index (κ2) is 4.68. The SMILES string of the molecule is CN1CCN(C(=O)c2cc3c(Br)csc3[nH]2)CC1. The maximum atomic E-state index is 12.4. The number of nitrogens with one attached hydrogen (secondary N) is 1. The van der Waals surface area contributed by atoms with Gasteiger partial charge in [-0.2, -0.15) is 0 Å². The summed E-state index contributed by atoms with van der Waals surface area (Å²) in [5.74, 6) is 0.110. The molecule has 1 aliphatic heterocycles. The van der Waals surface area contributed by atoms with E-state index in [1.165, 1.54) is 0 Å². The minimum absolute atomic E-state index is 0.110. The molecule has 0 aromatic carbocycles. The van der Waals surface area contributed by atoms with Crippen LogP contribution in [0.4, 0.5) is 0 Å². The minimum Gasteiger partial charge on any atom is -0.342 e. The van der Waals surface area contributed by atoms with Gasteiger partial charge in [0.25, 0.3) is 5.91 Å². The standard InChI is InChI=1S/C12H14BrN3OS/c1-15-2-4-16(5-3-15)12(17)10-6-8-9(13)7-18-11(8)14-10/h6-7,14H,2-5H2,1H3. The Labute approximate surface area is 118 Å². The zero-order valence-electron chi connectivity index (χ0n) is 10.1. The van der Waals surface area contributed by atoms with Crippen molar-refractivity contribution in [2.45, 2.75) is 0 Å². The van der Waals surface area contributed by atoms with E-state index in [-0.39, 0.29) is 5.91 Å². The smallest absolute Gasteiger partial charge is 0.270 e. The van der Waals surface area contributed by atoms with Crippen molar-refractivity contribution in [3.05, 3.63) is 21.6 Å². The molecule has 0 atom stereocenters. The van der Waals surface area contributed by atoms with E-state index >= 15 is 0 Å². The van der Waals surface area contributed by atoms with Crippen LogP contribution in [0.5, 0.6) is 0 Å². The number of nitrogens with zero attached hydrogens (tertiary/aromatic N) is 2. The maximum Gasteiger partial charge on any atom is 0.270 e. The van der Waals surface area contributed by atoms with Gasteiger partial charge in [0.15, 0.2) is 0 Å². The van der Waals surface area contributed by atoms with Crippen molar-refractivity contribution >= 4 is 43.4 Å². The monoisotopic (exact) mass is 327 g/mol. The molecule has 1 N–H and O–H groups in total. The number of carbonyl (C=O) groups excluding carboxylic acids is 1. The number of hydrogen-bond acceptors (Lipinski definition) is 3. The third-order valence-corrected chi connectivity index (χ3v) is 5.21. The van der Waals surface area contributed by atoms with Gasteiger partial charge in [-0.05, 0) is 29.0 Å². The summed E-state index contributed by atoms with van der Waals surface area (Å²) < 4.78 is 1.05. The van der Waals surface area contributed by atoms with Gasteiger partial charge in [-0.15, -0.1) is 11.3 Å². The van der Waals surface area contributed by atoms with Gasteiger partial charge < -0.3 is 14.8 Å². The molecule has 1 saturated heterocycles. The van der Waals surface area contributed by atoms with E-state index in [9.17, 15) is 4.79 Å². The number of aromatic amines is 1. The van der Waals surface area contributed by atoms with Crippen LogP contribution < -0.4 is 0 Å². The lowest BCUT2D eigenvalue weighted by Gasteiger charge is -2.32. The molecule has 0 bridgehead atoms. The van der Waals surface area contributed by atoms with Crippen LogP contribution in [0.15, 0.2) is 15.9 Å². The van der Waals surface area contributed by atoms with Crippen molar-refractivity contribution in [3.63, 3.8) is 0 Å². The molecule has 4 nitrogen and oxygen atoms in total. The molecule has 0 unspecified atom stereocenters. The summed E-state index contributed by atoms with van der Waals surface area (Å²) in [4.78, 5) is 20.8. The summed E-state index contributed by atoms with van der Waals surface area (Å²) in [6, 6.07) is 1.94. The Bertz CT molecular complexity index is 583. The third-order valence-electron chi connectivity index (χ3n) is 3.34. The van der Waals surface area contributed by atoms with Gasteiger partial charge in [0, 0.05) is 41.4 Å². The predicted molar refractivity (Wildman–Crippen MR) is 77.3 cm³/mol. The normalized spacial score (nSPS) is 17.6. The summed E-state index contributed by atoms with van der Waals surface area (Å²) in [5, 5.41) is 3.13. The fourth-order valence-electron chi connectivity index (χ4n) is 2.18. The van der Waals surface area contributed by atoms with Gasteiger partial charge in [0.1, 0.15) is 10.5 Å². The van der Waals surface area contributed by atoms with Crippen LogP contribution in [0.2, 0.25) is 0 Å². The van der Waals surface area contributed by atoms with E-state index in [1.807, 2.05) is 16.3 Å². The highest BCUT2D eigenvalue weighted by Gasteiger charge is 2.22. The number of amides is 1. The van der Waals surface area contributed by atoms with Crippen LogP contribution >= 0.6 is 27.3 Å². The van der Waals surface area contributed by atoms with E-state index in [4.69, 9.17) is 0 Å². The van der Waals surface area contributed by atoms with Crippen molar-refractivity contribution < 1.29 is 4.79 Å². The van der Waals surface area contributed by atoms with Crippen molar-refractivity contribution in [1.82, 2.24) is 14.8 Å². The van der Waals surface area contributed by atoms with Gasteiger partial charge in [0.05, 0.1) is 0 Å². The van der Waals surface area contributed by atoms with Crippen LogP contribution in [0, 0.1) is 0 Å². The van der Waals surface area contributed by atoms with Crippen molar-refractivity contribution in [2.75, 3.05) is 33.2 Å². The summed E-state index contributed by atoms with van der Waals surface area (Å²) in [6.45, 7) is 3.52. The van der Waals surface area contributed by atoms with E-state index < -0.39 is 0 Å². The van der Waals surface area contributed by atoms with Crippen molar-refractivity contribution in [1.29, 1.82) is 0 Å². The molecule has 1 amide bonds. The number of carbonyl (C=O) groups is 1. The highest BCUT2D eigenvalue weighted by atomic mass is 79.9. The molecule has 0 spiro atoms. The van der Waals surface area contributed by atoms with Gasteiger partial charge in [-0.25, -0.2) is 0 Å². The average Bonchev–Trinajstić information content (AvgIpc) is 2.92. The number of piperazine rings is 1. The number of halogens is 1. The summed E-state index contributed by atoms with van der Waals surface area (Å²) >= 11 is 5.11. The second-order valence-corrected chi connectivity index (χ2v) is 6.34. The highest BCUT2D eigenvalue weighted by molar-refractivity contribution is 9.10. The lowest BCUT2D eigenvalue weighted by atomic mass is 10.3. The summed E-state index contributed by atoms with van der Waals surface area (Å²) in [7, 11) is 2.09. The number of rotatable bonds is 1. The first-order valence-corrected chi connectivity index (χ1v) is 7.56. The molecule has 0 radical (unpaired) electrons. The average molecular weight is 328 g/mol.